The van der Waals surface area contributed by atoms with Crippen LogP contribution in [0, 0.1) is 0 Å². The maximum Gasteiger partial charge on any atom is 0.243 e. The lowest BCUT2D eigenvalue weighted by molar-refractivity contribution is -0.120. The lowest BCUT2D eigenvalue weighted by atomic mass is 10.1. The fourth-order valence-electron chi connectivity index (χ4n) is 1.31. The van der Waals surface area contributed by atoms with Crippen molar-refractivity contribution in [2.45, 2.75) is 19.4 Å². The Morgan fingerprint density at radius 2 is 2.25 bits per heavy atom. The zero-order valence-electron chi connectivity index (χ0n) is 9.24. The van der Waals surface area contributed by atoms with Crippen LogP contribution in [0.3, 0.4) is 0 Å². The molecule has 0 spiro atoms. The molecule has 2 rings (SSSR count). The molecule has 0 aliphatic rings. The van der Waals surface area contributed by atoms with Gasteiger partial charge in [0, 0.05) is 5.69 Å². The normalized spacial score (nSPS) is 11.7. The molecule has 1 aromatic carbocycles. The third-order valence-corrected chi connectivity index (χ3v) is 2.26. The Labute approximate surface area is 93.1 Å². The number of carbonyl (C=O) groups excluding carboxylic acids is 1. The first-order valence-electron chi connectivity index (χ1n) is 5.00. The minimum atomic E-state index is -0.886. The van der Waals surface area contributed by atoms with Gasteiger partial charge in [0.15, 0.2) is 0 Å². The molecule has 0 aliphatic carbocycles. The summed E-state index contributed by atoms with van der Waals surface area (Å²) < 4.78 is 0. The minimum Gasteiger partial charge on any atom is -0.345 e. The van der Waals surface area contributed by atoms with E-state index in [0.29, 0.717) is 5.69 Å². The summed E-state index contributed by atoms with van der Waals surface area (Å²) in [6, 6.07) is 5.46. The molecule has 0 saturated carbocycles. The van der Waals surface area contributed by atoms with Gasteiger partial charge in [0.05, 0.1) is 22.9 Å². The van der Waals surface area contributed by atoms with Crippen molar-refractivity contribution in [3.63, 3.8) is 0 Å². The lowest BCUT2D eigenvalue weighted by Gasteiger charge is -2.17. The number of hydrogen-bond acceptors (Lipinski definition) is 3. The van der Waals surface area contributed by atoms with Crippen LogP contribution in [-0.2, 0) is 4.79 Å². The molecule has 0 atom stereocenters. The molecule has 0 aliphatic heterocycles. The monoisotopic (exact) mass is 218 g/mol. The van der Waals surface area contributed by atoms with Gasteiger partial charge in [0.25, 0.3) is 0 Å². The van der Waals surface area contributed by atoms with Gasteiger partial charge >= 0.3 is 0 Å². The van der Waals surface area contributed by atoms with Gasteiger partial charge in [-0.05, 0) is 32.0 Å². The Bertz CT molecular complexity index is 524. The van der Waals surface area contributed by atoms with E-state index in [0.717, 1.165) is 11.0 Å². The predicted octanol–water partition coefficient (Wildman–Crippen LogP) is 1.24. The van der Waals surface area contributed by atoms with Gasteiger partial charge in [-0.2, -0.15) is 0 Å². The standard InChI is InChI=1S/C11H14N4O/c1-11(2,12)10(16)15-7-3-4-8-9(5-7)14-6-13-8/h3-6H,12H2,1-2H3,(H,13,14)(H,15,16). The van der Waals surface area contributed by atoms with E-state index in [1.165, 1.54) is 0 Å². The molecule has 5 heteroatoms. The molecule has 2 aromatic rings. The SMILES string of the molecule is CC(C)(N)C(=O)Nc1ccc2nc[nH]c2c1. The fourth-order valence-corrected chi connectivity index (χ4v) is 1.31. The number of fused-ring (bicyclic) bond motifs is 1. The van der Waals surface area contributed by atoms with Gasteiger partial charge in [-0.3, -0.25) is 4.79 Å². The average molecular weight is 218 g/mol. The number of hydrogen-bond donors (Lipinski definition) is 3. The van der Waals surface area contributed by atoms with Crippen molar-refractivity contribution < 1.29 is 4.79 Å². The van der Waals surface area contributed by atoms with Crippen molar-refractivity contribution in [1.82, 2.24) is 9.97 Å². The van der Waals surface area contributed by atoms with Gasteiger partial charge < -0.3 is 16.0 Å². The number of nitrogens with zero attached hydrogens (tertiary/aromatic N) is 1. The first-order chi connectivity index (χ1) is 7.47. The number of rotatable bonds is 2. The molecule has 84 valence electrons. The molecule has 1 heterocycles. The molecule has 0 unspecified atom stereocenters. The second-order valence-electron chi connectivity index (χ2n) is 4.31. The summed E-state index contributed by atoms with van der Waals surface area (Å²) in [6.45, 7) is 3.33. The van der Waals surface area contributed by atoms with Crippen molar-refractivity contribution in [3.8, 4) is 0 Å². The van der Waals surface area contributed by atoms with Crippen LogP contribution in [-0.4, -0.2) is 21.4 Å². The average Bonchev–Trinajstić information content (AvgIpc) is 2.63. The van der Waals surface area contributed by atoms with Crippen molar-refractivity contribution >= 4 is 22.6 Å². The quantitative estimate of drug-likeness (QED) is 0.709. The second kappa shape index (κ2) is 3.61. The van der Waals surface area contributed by atoms with E-state index in [9.17, 15) is 4.79 Å². The number of nitrogens with one attached hydrogen (secondary N) is 2. The molecule has 4 N–H and O–H groups in total. The van der Waals surface area contributed by atoms with Gasteiger partial charge in [0.2, 0.25) is 5.91 Å². The van der Waals surface area contributed by atoms with Gasteiger partial charge in [0.1, 0.15) is 0 Å². The van der Waals surface area contributed by atoms with E-state index in [1.54, 1.807) is 26.2 Å². The van der Waals surface area contributed by atoms with Crippen LogP contribution in [0.1, 0.15) is 13.8 Å². The van der Waals surface area contributed by atoms with Gasteiger partial charge in [-0.1, -0.05) is 0 Å². The number of H-pyrrole nitrogens is 1. The molecule has 16 heavy (non-hydrogen) atoms. The summed E-state index contributed by atoms with van der Waals surface area (Å²) in [5.74, 6) is -0.216. The van der Waals surface area contributed by atoms with Crippen LogP contribution in [0.4, 0.5) is 5.69 Å². The molecule has 1 amide bonds. The number of carbonyl (C=O) groups is 1. The summed E-state index contributed by atoms with van der Waals surface area (Å²) in [6.07, 6.45) is 1.61. The topological polar surface area (TPSA) is 83.8 Å². The predicted molar refractivity (Wildman–Crippen MR) is 63.0 cm³/mol. The Morgan fingerprint density at radius 3 is 2.94 bits per heavy atom. The highest BCUT2D eigenvalue weighted by atomic mass is 16.2. The number of benzene rings is 1. The maximum atomic E-state index is 11.6. The second-order valence-corrected chi connectivity index (χ2v) is 4.31. The minimum absolute atomic E-state index is 0.216. The molecule has 5 nitrogen and oxygen atoms in total. The molecule has 1 aromatic heterocycles. The Kier molecular flexibility index (Phi) is 2.40. The number of anilines is 1. The van der Waals surface area contributed by atoms with Crippen LogP contribution in [0.15, 0.2) is 24.5 Å². The zero-order valence-corrected chi connectivity index (χ0v) is 9.24. The maximum absolute atomic E-state index is 11.6. The number of aromatic amines is 1. The van der Waals surface area contributed by atoms with Crippen LogP contribution >= 0.6 is 0 Å². The van der Waals surface area contributed by atoms with Crippen LogP contribution in [0.5, 0.6) is 0 Å². The molecule has 0 bridgehead atoms. The summed E-state index contributed by atoms with van der Waals surface area (Å²) >= 11 is 0. The van der Waals surface area contributed by atoms with E-state index in [1.807, 2.05) is 12.1 Å². The molecule has 0 fully saturated rings. The Morgan fingerprint density at radius 1 is 1.50 bits per heavy atom. The zero-order chi connectivity index (χ0) is 11.8. The van der Waals surface area contributed by atoms with Crippen LogP contribution in [0.25, 0.3) is 11.0 Å². The number of imidazole rings is 1. The van der Waals surface area contributed by atoms with Gasteiger partial charge in [-0.25, -0.2) is 4.98 Å². The van der Waals surface area contributed by atoms with Crippen LogP contribution in [0.2, 0.25) is 0 Å². The summed E-state index contributed by atoms with van der Waals surface area (Å²) in [4.78, 5) is 18.7. The first kappa shape index (κ1) is 10.6. The third-order valence-electron chi connectivity index (χ3n) is 2.26. The van der Waals surface area contributed by atoms with Crippen molar-refractivity contribution in [1.29, 1.82) is 0 Å². The number of nitrogens with two attached hydrogens (primary N) is 1. The van der Waals surface area contributed by atoms with E-state index in [2.05, 4.69) is 15.3 Å². The summed E-state index contributed by atoms with van der Waals surface area (Å²) in [5.41, 5.74) is 7.26. The Hall–Kier alpha value is -1.88. The van der Waals surface area contributed by atoms with E-state index < -0.39 is 5.54 Å². The molecular weight excluding hydrogens is 204 g/mol. The fraction of sp³-hybridized carbons (Fsp3) is 0.273. The van der Waals surface area contributed by atoms with E-state index >= 15 is 0 Å². The smallest absolute Gasteiger partial charge is 0.243 e. The van der Waals surface area contributed by atoms with Crippen molar-refractivity contribution in [2.75, 3.05) is 5.32 Å². The largest absolute Gasteiger partial charge is 0.345 e. The third kappa shape index (κ3) is 2.04. The summed E-state index contributed by atoms with van der Waals surface area (Å²) in [5, 5.41) is 2.75. The highest BCUT2D eigenvalue weighted by molar-refractivity contribution is 5.98. The van der Waals surface area contributed by atoms with E-state index in [4.69, 9.17) is 5.73 Å². The highest BCUT2D eigenvalue weighted by Gasteiger charge is 2.21. The molecule has 0 radical (unpaired) electrons. The first-order valence-corrected chi connectivity index (χ1v) is 5.00. The number of aromatic nitrogens is 2. The highest BCUT2D eigenvalue weighted by Crippen LogP contribution is 2.16. The van der Waals surface area contributed by atoms with Crippen LogP contribution < -0.4 is 11.1 Å². The lowest BCUT2D eigenvalue weighted by Crippen LogP contribution is -2.45. The summed E-state index contributed by atoms with van der Waals surface area (Å²) in [7, 11) is 0. The Balaban J connectivity index is 2.24. The number of amides is 1. The van der Waals surface area contributed by atoms with Crippen molar-refractivity contribution in [2.24, 2.45) is 5.73 Å². The van der Waals surface area contributed by atoms with E-state index in [-0.39, 0.29) is 5.91 Å². The molecular formula is C11H14N4O. The van der Waals surface area contributed by atoms with Crippen molar-refractivity contribution in [3.05, 3.63) is 24.5 Å². The molecule has 0 saturated heterocycles. The van der Waals surface area contributed by atoms with Gasteiger partial charge in [-0.15, -0.1) is 0 Å².